The summed E-state index contributed by atoms with van der Waals surface area (Å²) in [6.45, 7) is 0. The summed E-state index contributed by atoms with van der Waals surface area (Å²) in [5.41, 5.74) is 9.21. The van der Waals surface area contributed by atoms with E-state index < -0.39 is 0 Å². The van der Waals surface area contributed by atoms with E-state index in [1.807, 2.05) is 29.7 Å². The van der Waals surface area contributed by atoms with E-state index in [1.54, 1.807) is 0 Å². The smallest absolute Gasteiger partial charge is 0.145 e. The van der Waals surface area contributed by atoms with Crippen LogP contribution in [0.5, 0.6) is 0 Å². The number of aliphatic imine (C=N–C) groups is 1. The second kappa shape index (κ2) is 10.1. The second-order valence-electron chi connectivity index (χ2n) is 11.3. The molecule has 1 atom stereocenters. The highest BCUT2D eigenvalue weighted by Crippen LogP contribution is 2.39. The molecule has 1 N–H and O–H groups in total. The largest absolute Gasteiger partial charge is 0.366 e. The number of fused-ring (bicyclic) bond motifs is 6. The number of rotatable bonds is 4. The Hall–Kier alpha value is -5.45. The van der Waals surface area contributed by atoms with Gasteiger partial charge in [0.25, 0.3) is 0 Å². The van der Waals surface area contributed by atoms with Crippen LogP contribution in [0.15, 0.2) is 157 Å². The van der Waals surface area contributed by atoms with Crippen molar-refractivity contribution >= 4 is 59.0 Å². The van der Waals surface area contributed by atoms with Crippen molar-refractivity contribution in [2.45, 2.75) is 6.17 Å². The number of para-hydroxylation sites is 1. The lowest BCUT2D eigenvalue weighted by Gasteiger charge is -2.20. The maximum absolute atomic E-state index is 5.06. The molecular formula is C40H27N3S. The third-order valence-corrected chi connectivity index (χ3v) is 9.81. The van der Waals surface area contributed by atoms with Gasteiger partial charge in [-0.05, 0) is 76.9 Å². The highest BCUT2D eigenvalue weighted by atomic mass is 32.1. The maximum atomic E-state index is 5.06. The summed E-state index contributed by atoms with van der Waals surface area (Å²) in [6, 6.07) is 50.3. The van der Waals surface area contributed by atoms with Crippen molar-refractivity contribution < 1.29 is 0 Å². The number of aromatic nitrogens is 1. The van der Waals surface area contributed by atoms with Crippen LogP contribution in [0.1, 0.15) is 17.3 Å². The van der Waals surface area contributed by atoms with Gasteiger partial charge in [0.2, 0.25) is 0 Å². The van der Waals surface area contributed by atoms with Gasteiger partial charge < -0.3 is 9.88 Å². The van der Waals surface area contributed by atoms with Gasteiger partial charge in [-0.1, -0.05) is 91.0 Å². The molecule has 0 spiro atoms. The average Bonchev–Trinajstić information content (AvgIpc) is 3.64. The van der Waals surface area contributed by atoms with Gasteiger partial charge in [0.05, 0.1) is 16.7 Å². The summed E-state index contributed by atoms with van der Waals surface area (Å²) >= 11 is 1.86. The zero-order valence-corrected chi connectivity index (χ0v) is 24.6. The molecule has 0 radical (unpaired) electrons. The maximum Gasteiger partial charge on any atom is 0.145 e. The summed E-state index contributed by atoms with van der Waals surface area (Å²) in [7, 11) is 0. The fourth-order valence-corrected chi connectivity index (χ4v) is 7.64. The number of nitrogens with one attached hydrogen (secondary N) is 1. The molecule has 2 aromatic heterocycles. The lowest BCUT2D eigenvalue weighted by molar-refractivity contribution is 0.649. The first kappa shape index (κ1) is 25.1. The van der Waals surface area contributed by atoms with E-state index in [2.05, 4.69) is 143 Å². The minimum absolute atomic E-state index is 0.155. The molecule has 0 saturated heterocycles. The van der Waals surface area contributed by atoms with E-state index in [-0.39, 0.29) is 6.17 Å². The summed E-state index contributed by atoms with van der Waals surface area (Å²) in [6.07, 6.45) is 3.89. The van der Waals surface area contributed by atoms with Crippen molar-refractivity contribution in [2.24, 2.45) is 4.99 Å². The standard InChI is InChI=1S/C40H27N3S/c1-2-9-26(10-3-1)35-21-22-41-40(42-35)29-11-8-12-30(23-29)43-36-15-6-4-13-31(36)33-24-27(17-19-37(33)43)28-18-20-39-34(25-28)32-14-5-7-16-38(32)44-39/h1-25,40-41H. The van der Waals surface area contributed by atoms with Crippen LogP contribution in [0.25, 0.3) is 58.8 Å². The monoisotopic (exact) mass is 581 g/mol. The van der Waals surface area contributed by atoms with Crippen LogP contribution in [-0.4, -0.2) is 10.3 Å². The molecule has 0 saturated carbocycles. The quantitative estimate of drug-likeness (QED) is 0.220. The molecule has 0 amide bonds. The third-order valence-electron chi connectivity index (χ3n) is 8.66. The SMILES string of the molecule is C1=CC(c2ccccc2)=NC(c2cccc(-n3c4ccccc4c4cc(-c5ccc6sc7ccccc7c6c5)ccc43)c2)N1. The normalized spacial score (nSPS) is 14.8. The van der Waals surface area contributed by atoms with Crippen LogP contribution in [-0.2, 0) is 0 Å². The summed E-state index contributed by atoms with van der Waals surface area (Å²) < 4.78 is 5.05. The fourth-order valence-electron chi connectivity index (χ4n) is 6.56. The van der Waals surface area contributed by atoms with Crippen molar-refractivity contribution in [3.8, 4) is 16.8 Å². The Balaban J connectivity index is 1.16. The van der Waals surface area contributed by atoms with Gasteiger partial charge in [0.1, 0.15) is 6.17 Å². The second-order valence-corrected chi connectivity index (χ2v) is 12.4. The minimum atomic E-state index is -0.155. The van der Waals surface area contributed by atoms with Crippen LogP contribution in [0.3, 0.4) is 0 Å². The average molecular weight is 582 g/mol. The molecule has 3 nitrogen and oxygen atoms in total. The van der Waals surface area contributed by atoms with Crippen LogP contribution >= 0.6 is 11.3 Å². The summed E-state index contributed by atoms with van der Waals surface area (Å²) in [4.78, 5) is 5.06. The molecule has 6 aromatic carbocycles. The van der Waals surface area contributed by atoms with E-state index >= 15 is 0 Å². The van der Waals surface area contributed by atoms with Crippen LogP contribution in [0.2, 0.25) is 0 Å². The van der Waals surface area contributed by atoms with Crippen LogP contribution < -0.4 is 5.32 Å². The minimum Gasteiger partial charge on any atom is -0.366 e. The predicted molar refractivity (Wildman–Crippen MR) is 187 cm³/mol. The Morgan fingerprint density at radius 2 is 1.27 bits per heavy atom. The number of benzene rings is 6. The van der Waals surface area contributed by atoms with Gasteiger partial charge >= 0.3 is 0 Å². The molecule has 8 aromatic rings. The lowest BCUT2D eigenvalue weighted by atomic mass is 10.0. The van der Waals surface area contributed by atoms with Crippen LogP contribution in [0, 0.1) is 0 Å². The molecule has 208 valence electrons. The fraction of sp³-hybridized carbons (Fsp3) is 0.0250. The van der Waals surface area contributed by atoms with E-state index in [1.165, 1.54) is 53.1 Å². The Bertz CT molecular complexity index is 2430. The zero-order valence-electron chi connectivity index (χ0n) is 23.8. The Morgan fingerprint density at radius 3 is 2.18 bits per heavy atom. The lowest BCUT2D eigenvalue weighted by Crippen LogP contribution is -2.20. The molecule has 1 unspecified atom stereocenters. The Labute approximate surface area is 259 Å². The summed E-state index contributed by atoms with van der Waals surface area (Å²) in [5.74, 6) is 0. The molecule has 1 aliphatic heterocycles. The van der Waals surface area contributed by atoms with Crippen molar-refractivity contribution in [3.05, 3.63) is 163 Å². The number of hydrogen-bond acceptors (Lipinski definition) is 3. The number of thiophene rings is 1. The third kappa shape index (κ3) is 4.07. The van der Waals surface area contributed by atoms with E-state index in [0.717, 1.165) is 22.5 Å². The van der Waals surface area contributed by atoms with Gasteiger partial charge in [0, 0.05) is 42.8 Å². The van der Waals surface area contributed by atoms with Gasteiger partial charge in [-0.25, -0.2) is 0 Å². The zero-order chi connectivity index (χ0) is 29.0. The Kier molecular flexibility index (Phi) is 5.75. The Morgan fingerprint density at radius 1 is 0.545 bits per heavy atom. The van der Waals surface area contributed by atoms with E-state index in [9.17, 15) is 0 Å². The van der Waals surface area contributed by atoms with E-state index in [4.69, 9.17) is 4.99 Å². The van der Waals surface area contributed by atoms with Gasteiger partial charge in [0.15, 0.2) is 0 Å². The summed E-state index contributed by atoms with van der Waals surface area (Å²) in [5, 5.41) is 8.61. The molecule has 44 heavy (non-hydrogen) atoms. The number of nitrogens with zero attached hydrogens (tertiary/aromatic N) is 2. The predicted octanol–water partition coefficient (Wildman–Crippen LogP) is 10.4. The molecule has 9 rings (SSSR count). The van der Waals surface area contributed by atoms with Gasteiger partial charge in [-0.3, -0.25) is 4.99 Å². The van der Waals surface area contributed by atoms with Gasteiger partial charge in [-0.2, -0.15) is 0 Å². The first-order valence-electron chi connectivity index (χ1n) is 14.9. The van der Waals surface area contributed by atoms with Crippen molar-refractivity contribution in [3.63, 3.8) is 0 Å². The molecule has 0 bridgehead atoms. The highest BCUT2D eigenvalue weighted by molar-refractivity contribution is 7.25. The highest BCUT2D eigenvalue weighted by Gasteiger charge is 2.17. The van der Waals surface area contributed by atoms with Crippen molar-refractivity contribution in [2.75, 3.05) is 0 Å². The molecule has 3 heterocycles. The molecule has 0 fully saturated rings. The molecule has 4 heteroatoms. The van der Waals surface area contributed by atoms with Crippen LogP contribution in [0.4, 0.5) is 0 Å². The number of allylic oxidation sites excluding steroid dienone is 1. The van der Waals surface area contributed by atoms with Crippen molar-refractivity contribution in [1.29, 1.82) is 0 Å². The van der Waals surface area contributed by atoms with Crippen molar-refractivity contribution in [1.82, 2.24) is 9.88 Å². The van der Waals surface area contributed by atoms with Gasteiger partial charge in [-0.15, -0.1) is 11.3 Å². The van der Waals surface area contributed by atoms with E-state index in [0.29, 0.717) is 0 Å². The topological polar surface area (TPSA) is 29.3 Å². The molecule has 1 aliphatic rings. The number of hydrogen-bond donors (Lipinski definition) is 1. The first-order chi connectivity index (χ1) is 21.8. The molecule has 0 aliphatic carbocycles. The molecular weight excluding hydrogens is 555 g/mol. The first-order valence-corrected chi connectivity index (χ1v) is 15.7.